The van der Waals surface area contributed by atoms with Gasteiger partial charge in [-0.05, 0) is 42.8 Å². The van der Waals surface area contributed by atoms with Gasteiger partial charge in [0.2, 0.25) is 0 Å². The maximum absolute atomic E-state index is 13.5. The molecule has 2 aromatic heterocycles. The van der Waals surface area contributed by atoms with Gasteiger partial charge >= 0.3 is 0 Å². The quantitative estimate of drug-likeness (QED) is 0.381. The van der Waals surface area contributed by atoms with Crippen LogP contribution >= 0.6 is 11.8 Å². The van der Waals surface area contributed by atoms with Crippen LogP contribution in [0.25, 0.3) is 16.6 Å². The summed E-state index contributed by atoms with van der Waals surface area (Å²) >= 11 is 1.27. The molecule has 0 bridgehead atoms. The molecular weight excluding hydrogens is 365 g/mol. The molecule has 27 heavy (non-hydrogen) atoms. The number of rotatable bonds is 5. The van der Waals surface area contributed by atoms with E-state index in [4.69, 9.17) is 4.74 Å². The first-order valence-corrected chi connectivity index (χ1v) is 9.30. The Balaban J connectivity index is 1.68. The van der Waals surface area contributed by atoms with E-state index in [1.54, 1.807) is 0 Å². The van der Waals surface area contributed by atoms with E-state index in [0.29, 0.717) is 10.9 Å². The summed E-state index contributed by atoms with van der Waals surface area (Å²) < 4.78 is 20.6. The zero-order chi connectivity index (χ0) is 19.0. The van der Waals surface area contributed by atoms with Crippen molar-refractivity contribution in [2.45, 2.75) is 12.1 Å². The van der Waals surface area contributed by atoms with Crippen LogP contribution in [0.2, 0.25) is 0 Å². The lowest BCUT2D eigenvalue weighted by Crippen LogP contribution is -2.06. The summed E-state index contributed by atoms with van der Waals surface area (Å²) in [4.78, 5) is 12.6. The van der Waals surface area contributed by atoms with Crippen LogP contribution in [0.1, 0.15) is 15.9 Å². The highest BCUT2D eigenvalue weighted by Crippen LogP contribution is 2.27. The zero-order valence-corrected chi connectivity index (χ0v) is 15.6. The number of halogens is 1. The predicted molar refractivity (Wildman–Crippen MR) is 103 cm³/mol. The number of ketones is 1. The highest BCUT2D eigenvalue weighted by molar-refractivity contribution is 7.99. The third-order valence-electron chi connectivity index (χ3n) is 4.37. The maximum Gasteiger partial charge on any atom is 0.196 e. The van der Waals surface area contributed by atoms with Crippen LogP contribution in [0, 0.1) is 12.7 Å². The minimum Gasteiger partial charge on any atom is -0.496 e. The van der Waals surface area contributed by atoms with Gasteiger partial charge in [0.15, 0.2) is 16.6 Å². The van der Waals surface area contributed by atoms with Gasteiger partial charge in [-0.15, -0.1) is 10.2 Å². The molecule has 0 fully saturated rings. The van der Waals surface area contributed by atoms with Gasteiger partial charge in [-0.25, -0.2) is 4.39 Å². The third-order valence-corrected chi connectivity index (χ3v) is 5.30. The molecule has 0 atom stereocenters. The number of aromatic nitrogens is 3. The molecule has 5 nitrogen and oxygen atoms in total. The summed E-state index contributed by atoms with van der Waals surface area (Å²) in [7, 11) is 1.46. The van der Waals surface area contributed by atoms with Gasteiger partial charge in [0, 0.05) is 5.39 Å². The molecule has 0 aliphatic carbocycles. The van der Waals surface area contributed by atoms with E-state index in [1.807, 2.05) is 41.7 Å². The van der Waals surface area contributed by atoms with E-state index in [9.17, 15) is 9.18 Å². The number of hydrogen-bond donors (Lipinski definition) is 0. The molecule has 0 N–H and O–H groups in total. The molecule has 0 spiro atoms. The molecule has 0 aliphatic rings. The monoisotopic (exact) mass is 381 g/mol. The van der Waals surface area contributed by atoms with Gasteiger partial charge in [0.1, 0.15) is 11.6 Å². The predicted octanol–water partition coefficient (Wildman–Crippen LogP) is 4.31. The van der Waals surface area contributed by atoms with Crippen LogP contribution < -0.4 is 4.74 Å². The molecule has 0 unspecified atom stereocenters. The normalized spacial score (nSPS) is 11.2. The minimum absolute atomic E-state index is 0.100. The fourth-order valence-electron chi connectivity index (χ4n) is 3.07. The van der Waals surface area contributed by atoms with Crippen LogP contribution in [0.15, 0.2) is 53.7 Å². The molecule has 2 aromatic carbocycles. The highest BCUT2D eigenvalue weighted by atomic mass is 32.2. The average Bonchev–Trinajstić information content (AvgIpc) is 3.09. The Hall–Kier alpha value is -2.93. The van der Waals surface area contributed by atoms with Crippen molar-refractivity contribution in [2.24, 2.45) is 0 Å². The van der Waals surface area contributed by atoms with E-state index < -0.39 is 5.82 Å². The minimum atomic E-state index is -0.474. The first-order valence-electron chi connectivity index (χ1n) is 8.31. The number of methoxy groups -OCH3 is 1. The van der Waals surface area contributed by atoms with E-state index in [-0.39, 0.29) is 17.1 Å². The Morgan fingerprint density at radius 1 is 1.19 bits per heavy atom. The van der Waals surface area contributed by atoms with Crippen LogP contribution in [-0.2, 0) is 0 Å². The topological polar surface area (TPSA) is 56.5 Å². The molecule has 7 heteroatoms. The second-order valence-electron chi connectivity index (χ2n) is 6.08. The van der Waals surface area contributed by atoms with Gasteiger partial charge < -0.3 is 4.74 Å². The van der Waals surface area contributed by atoms with Gasteiger partial charge in [-0.3, -0.25) is 9.20 Å². The van der Waals surface area contributed by atoms with Crippen LogP contribution in [0.3, 0.4) is 0 Å². The van der Waals surface area contributed by atoms with Gasteiger partial charge in [0.25, 0.3) is 0 Å². The van der Waals surface area contributed by atoms with Gasteiger partial charge in [-0.1, -0.05) is 30.0 Å². The van der Waals surface area contributed by atoms with Crippen molar-refractivity contribution in [3.05, 3.63) is 65.5 Å². The number of fused-ring (bicyclic) bond motifs is 3. The summed E-state index contributed by atoms with van der Waals surface area (Å²) in [6, 6.07) is 13.9. The smallest absolute Gasteiger partial charge is 0.196 e. The summed E-state index contributed by atoms with van der Waals surface area (Å²) in [5.74, 6) is -0.250. The fourth-order valence-corrected chi connectivity index (χ4v) is 3.91. The van der Waals surface area contributed by atoms with Crippen LogP contribution in [0.4, 0.5) is 4.39 Å². The Bertz CT molecular complexity index is 1170. The van der Waals surface area contributed by atoms with Crippen molar-refractivity contribution >= 4 is 34.1 Å². The molecule has 0 aliphatic heterocycles. The van der Waals surface area contributed by atoms with E-state index >= 15 is 0 Å². The van der Waals surface area contributed by atoms with Crippen molar-refractivity contribution < 1.29 is 13.9 Å². The van der Waals surface area contributed by atoms with Crippen molar-refractivity contribution in [3.8, 4) is 5.75 Å². The number of hydrogen-bond acceptors (Lipinski definition) is 5. The molecule has 0 saturated heterocycles. The van der Waals surface area contributed by atoms with E-state index in [0.717, 1.165) is 22.1 Å². The van der Waals surface area contributed by atoms with Gasteiger partial charge in [-0.2, -0.15) is 0 Å². The summed E-state index contributed by atoms with van der Waals surface area (Å²) in [6.45, 7) is 2.03. The van der Waals surface area contributed by atoms with E-state index in [1.165, 1.54) is 37.1 Å². The Labute approximate surface area is 159 Å². The Kier molecular flexibility index (Phi) is 4.53. The number of pyridine rings is 1. The third kappa shape index (κ3) is 3.14. The molecule has 0 saturated carbocycles. The fraction of sp³-hybridized carbons (Fsp3) is 0.150. The average molecular weight is 381 g/mol. The van der Waals surface area contributed by atoms with Crippen molar-refractivity contribution in [3.63, 3.8) is 0 Å². The van der Waals surface area contributed by atoms with Crippen molar-refractivity contribution in [1.29, 1.82) is 0 Å². The van der Waals surface area contributed by atoms with Crippen LogP contribution in [-0.4, -0.2) is 33.2 Å². The number of thioether (sulfide) groups is 1. The standard InChI is InChI=1S/C20H16FN3O2S/c1-12-9-19-22-23-20(24(19)16-6-4-3-5-14(12)16)27-11-17(25)15-10-13(21)7-8-18(15)26-2/h3-10H,11H2,1-2H3. The SMILES string of the molecule is COc1ccc(F)cc1C(=O)CSc1nnc2cc(C)c3ccccc3n12. The summed E-state index contributed by atoms with van der Waals surface area (Å²) in [5, 5.41) is 10.2. The zero-order valence-electron chi connectivity index (χ0n) is 14.8. The van der Waals surface area contributed by atoms with Crippen LogP contribution in [0.5, 0.6) is 5.75 Å². The second kappa shape index (κ2) is 7.00. The largest absolute Gasteiger partial charge is 0.496 e. The molecule has 136 valence electrons. The Morgan fingerprint density at radius 2 is 2.00 bits per heavy atom. The summed E-state index contributed by atoms with van der Waals surface area (Å²) in [6.07, 6.45) is 0. The number of para-hydroxylation sites is 1. The number of ether oxygens (including phenoxy) is 1. The number of carbonyl (C=O) groups excluding carboxylic acids is 1. The molecule has 0 radical (unpaired) electrons. The number of nitrogens with zero attached hydrogens (tertiary/aromatic N) is 3. The number of Topliss-reactive ketones (excluding diaryl/α,β-unsaturated/α-hetero) is 1. The number of benzene rings is 2. The van der Waals surface area contributed by atoms with Gasteiger partial charge in [0.05, 0.1) is 23.9 Å². The molecule has 4 aromatic rings. The first kappa shape index (κ1) is 17.5. The lowest BCUT2D eigenvalue weighted by atomic mass is 10.1. The number of aryl methyl sites for hydroxylation is 1. The van der Waals surface area contributed by atoms with Crippen molar-refractivity contribution in [2.75, 3.05) is 12.9 Å². The maximum atomic E-state index is 13.5. The lowest BCUT2D eigenvalue weighted by molar-refractivity contribution is 0.101. The lowest BCUT2D eigenvalue weighted by Gasteiger charge is -2.08. The molecular formula is C20H16FN3O2S. The Morgan fingerprint density at radius 3 is 2.81 bits per heavy atom. The molecule has 0 amide bonds. The second-order valence-corrected chi connectivity index (χ2v) is 7.02. The van der Waals surface area contributed by atoms with Crippen molar-refractivity contribution in [1.82, 2.24) is 14.6 Å². The number of carbonyl (C=O) groups is 1. The first-order chi connectivity index (χ1) is 13.1. The summed E-state index contributed by atoms with van der Waals surface area (Å²) in [5.41, 5.74) is 3.04. The highest BCUT2D eigenvalue weighted by Gasteiger charge is 2.17. The van der Waals surface area contributed by atoms with E-state index in [2.05, 4.69) is 10.2 Å². The molecule has 4 rings (SSSR count). The molecule has 2 heterocycles.